The predicted molar refractivity (Wildman–Crippen MR) is 165 cm³/mol. The van der Waals surface area contributed by atoms with Gasteiger partial charge in [0, 0.05) is 59.6 Å². The summed E-state index contributed by atoms with van der Waals surface area (Å²) >= 11 is 0. The number of benzene rings is 2. The van der Waals surface area contributed by atoms with Gasteiger partial charge >= 0.3 is 6.01 Å². The Morgan fingerprint density at radius 1 is 1.09 bits per heavy atom. The number of likely N-dealkylation sites (tertiary alicyclic amines) is 1. The van der Waals surface area contributed by atoms with Crippen molar-refractivity contribution in [3.05, 3.63) is 76.2 Å². The maximum atomic E-state index is 14.9. The molecule has 3 aliphatic rings. The molecule has 8 nitrogen and oxygen atoms in total. The molecule has 1 saturated heterocycles. The highest BCUT2D eigenvalue weighted by Crippen LogP contribution is 2.39. The second-order valence-corrected chi connectivity index (χ2v) is 12.1. The van der Waals surface area contributed by atoms with E-state index in [4.69, 9.17) is 21.1 Å². The number of anilines is 2. The van der Waals surface area contributed by atoms with E-state index in [0.29, 0.717) is 61.1 Å². The lowest BCUT2D eigenvalue weighted by atomic mass is 9.94. The van der Waals surface area contributed by atoms with Crippen molar-refractivity contribution in [3.8, 4) is 24.1 Å². The van der Waals surface area contributed by atoms with Crippen molar-refractivity contribution in [1.29, 1.82) is 0 Å². The third-order valence-electron chi connectivity index (χ3n) is 9.36. The summed E-state index contributed by atoms with van der Waals surface area (Å²) in [5.41, 5.74) is 4.10. The van der Waals surface area contributed by atoms with Gasteiger partial charge in [-0.3, -0.25) is 4.98 Å². The lowest BCUT2D eigenvalue weighted by Crippen LogP contribution is -2.41. The molecule has 10 heteroatoms. The van der Waals surface area contributed by atoms with Crippen LogP contribution in [0.25, 0.3) is 10.8 Å². The number of terminal acetylenes is 1. The summed E-state index contributed by atoms with van der Waals surface area (Å²) in [4.78, 5) is 20.4. The molecule has 5 heterocycles. The monoisotopic (exact) mass is 596 g/mol. The highest BCUT2D eigenvalue weighted by atomic mass is 19.1. The lowest BCUT2D eigenvalue weighted by Gasteiger charge is -2.39. The van der Waals surface area contributed by atoms with Crippen LogP contribution in [0.4, 0.5) is 20.3 Å². The van der Waals surface area contributed by atoms with Crippen molar-refractivity contribution in [2.24, 2.45) is 0 Å². The summed E-state index contributed by atoms with van der Waals surface area (Å²) < 4.78 is 36.0. The summed E-state index contributed by atoms with van der Waals surface area (Å²) in [5.74, 6) is 2.52. The molecule has 0 amide bonds. The van der Waals surface area contributed by atoms with Crippen LogP contribution in [0.15, 0.2) is 36.7 Å². The Balaban J connectivity index is 1.30. The van der Waals surface area contributed by atoms with Gasteiger partial charge in [0.1, 0.15) is 29.8 Å². The number of halogens is 2. The molecule has 2 atom stereocenters. The van der Waals surface area contributed by atoms with Crippen LogP contribution in [0.1, 0.15) is 47.7 Å². The van der Waals surface area contributed by atoms with E-state index in [9.17, 15) is 13.9 Å². The van der Waals surface area contributed by atoms with Crippen molar-refractivity contribution < 1.29 is 18.6 Å². The first-order chi connectivity index (χ1) is 21.3. The molecule has 0 aliphatic carbocycles. The van der Waals surface area contributed by atoms with Crippen LogP contribution < -0.4 is 14.5 Å². The Morgan fingerprint density at radius 2 is 1.95 bits per heavy atom. The molecule has 0 spiro atoms. The smallest absolute Gasteiger partial charge is 0.318 e. The number of pyridine rings is 1. The van der Waals surface area contributed by atoms with E-state index in [1.54, 1.807) is 24.4 Å². The van der Waals surface area contributed by atoms with Gasteiger partial charge in [-0.15, -0.1) is 6.42 Å². The number of nitrogens with zero attached hydrogens (tertiary/aromatic N) is 6. The first-order valence-electron chi connectivity index (χ1n) is 15.1. The standard InChI is InChI=1S/C34H34F2N6O2/c1-4-25-28(35)8-7-21-13-24(43)14-31(32(21)25)41-11-9-26-30(18-41)38-34(44-19-23-6-5-10-40(23)3)39-33(26)42-17-27-22(12-20(42)2)15-37-16-29(27)36/h1,7-8,13-16,20,23,43H,5-6,9-12,17-19H2,2-3H3/t20?,23-/m0/s1. The zero-order valence-corrected chi connectivity index (χ0v) is 24.9. The maximum absolute atomic E-state index is 14.9. The number of hydrogen-bond donors (Lipinski definition) is 1. The Labute approximate surface area is 255 Å². The van der Waals surface area contributed by atoms with E-state index in [1.165, 1.54) is 12.3 Å². The fourth-order valence-corrected chi connectivity index (χ4v) is 6.94. The Bertz CT molecular complexity index is 1810. The SMILES string of the molecule is C#Cc1c(F)ccc2cc(O)cc(N3CCc4c(nc(OC[C@@H]5CCCN5C)nc4N4Cc5c(F)cncc5CC4C)C3)c12. The van der Waals surface area contributed by atoms with Gasteiger partial charge in [-0.05, 0) is 69.3 Å². The van der Waals surface area contributed by atoms with Crippen LogP contribution in [0.2, 0.25) is 0 Å². The first kappa shape index (κ1) is 28.3. The zero-order chi connectivity index (χ0) is 30.5. The Kier molecular flexibility index (Phi) is 7.21. The number of ether oxygens (including phenoxy) is 1. The van der Waals surface area contributed by atoms with Gasteiger partial charge in [-0.25, -0.2) is 8.78 Å². The topological polar surface area (TPSA) is 77.9 Å². The molecule has 0 radical (unpaired) electrons. The number of phenolic OH excluding ortho intramolecular Hbond substituents is 1. The summed E-state index contributed by atoms with van der Waals surface area (Å²) in [5, 5.41) is 11.8. The summed E-state index contributed by atoms with van der Waals surface area (Å²) in [7, 11) is 2.10. The average Bonchev–Trinajstić information content (AvgIpc) is 3.43. The van der Waals surface area contributed by atoms with Crippen LogP contribution in [0.3, 0.4) is 0 Å². The molecule has 1 N–H and O–H groups in total. The average molecular weight is 597 g/mol. The molecule has 4 aromatic rings. The number of fused-ring (bicyclic) bond motifs is 3. The second-order valence-electron chi connectivity index (χ2n) is 12.1. The van der Waals surface area contributed by atoms with Crippen LogP contribution >= 0.6 is 0 Å². The van der Waals surface area contributed by atoms with Crippen molar-refractivity contribution in [2.45, 2.75) is 57.8 Å². The molecule has 7 rings (SSSR count). The molecular weight excluding hydrogens is 562 g/mol. The van der Waals surface area contributed by atoms with E-state index in [0.717, 1.165) is 42.0 Å². The van der Waals surface area contributed by atoms with Crippen molar-refractivity contribution in [2.75, 3.05) is 36.5 Å². The van der Waals surface area contributed by atoms with E-state index in [2.05, 4.69) is 39.6 Å². The minimum absolute atomic E-state index is 0.0492. The molecule has 2 aromatic heterocycles. The number of likely N-dealkylation sites (N-methyl/N-ethyl adjacent to an activating group) is 1. The quantitative estimate of drug-likeness (QED) is 0.324. The molecule has 1 unspecified atom stereocenters. The summed E-state index contributed by atoms with van der Waals surface area (Å²) in [6, 6.07) is 6.79. The second kappa shape index (κ2) is 11.2. The number of aromatic hydroxyl groups is 1. The third-order valence-corrected chi connectivity index (χ3v) is 9.36. The van der Waals surface area contributed by atoms with Gasteiger partial charge in [-0.2, -0.15) is 9.97 Å². The van der Waals surface area contributed by atoms with E-state index in [-0.39, 0.29) is 35.2 Å². The van der Waals surface area contributed by atoms with Crippen LogP contribution in [0.5, 0.6) is 11.8 Å². The lowest BCUT2D eigenvalue weighted by molar-refractivity contribution is 0.187. The normalized spacial score (nSPS) is 20.0. The minimum atomic E-state index is -0.483. The molecule has 0 saturated carbocycles. The fraction of sp³-hybridized carbons (Fsp3) is 0.382. The summed E-state index contributed by atoms with van der Waals surface area (Å²) in [6.07, 6.45) is 12.2. The maximum Gasteiger partial charge on any atom is 0.318 e. The molecule has 2 aromatic carbocycles. The third kappa shape index (κ3) is 4.95. The van der Waals surface area contributed by atoms with Gasteiger partial charge in [0.15, 0.2) is 0 Å². The highest BCUT2D eigenvalue weighted by Gasteiger charge is 2.33. The van der Waals surface area contributed by atoms with Crippen molar-refractivity contribution in [3.63, 3.8) is 0 Å². The largest absolute Gasteiger partial charge is 0.508 e. The molecule has 226 valence electrons. The molecule has 1 fully saturated rings. The van der Waals surface area contributed by atoms with E-state index < -0.39 is 5.82 Å². The molecule has 3 aliphatic heterocycles. The van der Waals surface area contributed by atoms with E-state index >= 15 is 0 Å². The Morgan fingerprint density at radius 3 is 2.75 bits per heavy atom. The van der Waals surface area contributed by atoms with Crippen LogP contribution in [-0.2, 0) is 25.9 Å². The number of rotatable bonds is 5. The molecule has 0 bridgehead atoms. The van der Waals surface area contributed by atoms with Gasteiger partial charge in [0.25, 0.3) is 0 Å². The highest BCUT2D eigenvalue weighted by molar-refractivity contribution is 6.00. The van der Waals surface area contributed by atoms with Crippen LogP contribution in [-0.4, -0.2) is 63.8 Å². The summed E-state index contributed by atoms with van der Waals surface area (Å²) in [6.45, 7) is 4.92. The predicted octanol–water partition coefficient (Wildman–Crippen LogP) is 4.98. The number of phenols is 1. The Hall–Kier alpha value is -4.49. The fourth-order valence-electron chi connectivity index (χ4n) is 6.94. The van der Waals surface area contributed by atoms with Crippen molar-refractivity contribution in [1.82, 2.24) is 19.9 Å². The van der Waals surface area contributed by atoms with Gasteiger partial charge in [-0.1, -0.05) is 12.0 Å². The first-order valence-corrected chi connectivity index (χ1v) is 15.1. The number of aromatic nitrogens is 3. The van der Waals surface area contributed by atoms with Gasteiger partial charge < -0.3 is 24.5 Å². The van der Waals surface area contributed by atoms with Crippen molar-refractivity contribution >= 4 is 22.3 Å². The minimum Gasteiger partial charge on any atom is -0.508 e. The van der Waals surface area contributed by atoms with Crippen LogP contribution in [0, 0.1) is 24.0 Å². The van der Waals surface area contributed by atoms with Gasteiger partial charge in [0.2, 0.25) is 0 Å². The zero-order valence-electron chi connectivity index (χ0n) is 24.9. The van der Waals surface area contributed by atoms with E-state index in [1.807, 2.05) is 0 Å². The van der Waals surface area contributed by atoms with Gasteiger partial charge in [0.05, 0.1) is 24.0 Å². The molecular formula is C34H34F2N6O2. The molecule has 44 heavy (non-hydrogen) atoms. The number of hydrogen-bond acceptors (Lipinski definition) is 8.